The Bertz CT molecular complexity index is 383. The number of hydrogen-bond acceptors (Lipinski definition) is 2. The summed E-state index contributed by atoms with van der Waals surface area (Å²) < 4.78 is 12.2. The van der Waals surface area contributed by atoms with Gasteiger partial charge in [-0.2, -0.15) is 0 Å². The minimum atomic E-state index is 0.320. The van der Waals surface area contributed by atoms with Crippen LogP contribution in [0.4, 0.5) is 0 Å². The fraction of sp³-hybridized carbons (Fsp3) is 0.538. The van der Waals surface area contributed by atoms with E-state index < -0.39 is 0 Å². The molecule has 2 nitrogen and oxygen atoms in total. The molecule has 1 aliphatic rings. The van der Waals surface area contributed by atoms with Crippen LogP contribution in [0.5, 0.6) is 11.5 Å². The third-order valence-electron chi connectivity index (χ3n) is 3.37. The summed E-state index contributed by atoms with van der Waals surface area (Å²) >= 11 is 7.09. The molecule has 0 heterocycles. The van der Waals surface area contributed by atoms with Crippen LogP contribution in [-0.4, -0.2) is 19.0 Å². The molecule has 0 saturated heterocycles. The fourth-order valence-corrected chi connectivity index (χ4v) is 3.19. The standard InChI is InChI=1S/C13H16Br2O2/c1-16-11-5-2-4-10(15)12(11)17-9-13(8-14)6-3-7-13/h2,4-5H,3,6-9H2,1H3. The number of ether oxygens (including phenoxy) is 2. The molecule has 1 fully saturated rings. The molecule has 0 N–H and O–H groups in total. The largest absolute Gasteiger partial charge is 0.493 e. The zero-order valence-corrected chi connectivity index (χ0v) is 13.0. The molecule has 17 heavy (non-hydrogen) atoms. The summed E-state index contributed by atoms with van der Waals surface area (Å²) in [5.74, 6) is 1.59. The zero-order chi connectivity index (χ0) is 12.3. The lowest BCUT2D eigenvalue weighted by atomic mass is 9.71. The summed E-state index contributed by atoms with van der Waals surface area (Å²) in [5.41, 5.74) is 0.320. The Labute approximate surface area is 119 Å². The summed E-state index contributed by atoms with van der Waals surface area (Å²) in [6, 6.07) is 5.83. The van der Waals surface area contributed by atoms with Gasteiger partial charge in [-0.05, 0) is 40.9 Å². The Morgan fingerprint density at radius 1 is 1.35 bits per heavy atom. The van der Waals surface area contributed by atoms with E-state index in [4.69, 9.17) is 9.47 Å². The summed E-state index contributed by atoms with van der Waals surface area (Å²) in [5, 5.41) is 1.01. The lowest BCUT2D eigenvalue weighted by Crippen LogP contribution is -2.37. The van der Waals surface area contributed by atoms with E-state index in [9.17, 15) is 0 Å². The molecule has 0 aromatic heterocycles. The van der Waals surface area contributed by atoms with Gasteiger partial charge in [-0.15, -0.1) is 0 Å². The van der Waals surface area contributed by atoms with Gasteiger partial charge in [0, 0.05) is 10.7 Å². The smallest absolute Gasteiger partial charge is 0.175 e. The summed E-state index contributed by atoms with van der Waals surface area (Å²) in [7, 11) is 1.66. The molecule has 1 saturated carbocycles. The van der Waals surface area contributed by atoms with E-state index in [-0.39, 0.29) is 0 Å². The van der Waals surface area contributed by atoms with Crippen molar-refractivity contribution in [2.24, 2.45) is 5.41 Å². The van der Waals surface area contributed by atoms with Crippen molar-refractivity contribution in [1.29, 1.82) is 0 Å². The van der Waals surface area contributed by atoms with E-state index in [0.29, 0.717) is 5.41 Å². The van der Waals surface area contributed by atoms with Crippen LogP contribution in [-0.2, 0) is 0 Å². The molecule has 1 aromatic rings. The predicted molar refractivity (Wildman–Crippen MR) is 76.3 cm³/mol. The second-order valence-corrected chi connectivity index (χ2v) is 5.96. The van der Waals surface area contributed by atoms with Gasteiger partial charge >= 0.3 is 0 Å². The monoisotopic (exact) mass is 362 g/mol. The molecule has 4 heteroatoms. The average Bonchev–Trinajstić information content (AvgIpc) is 2.29. The highest BCUT2D eigenvalue weighted by Gasteiger charge is 2.37. The van der Waals surface area contributed by atoms with Crippen molar-refractivity contribution >= 4 is 31.9 Å². The van der Waals surface area contributed by atoms with E-state index in [1.165, 1.54) is 19.3 Å². The van der Waals surface area contributed by atoms with Crippen molar-refractivity contribution < 1.29 is 9.47 Å². The summed E-state index contributed by atoms with van der Waals surface area (Å²) in [6.07, 6.45) is 3.79. The van der Waals surface area contributed by atoms with Gasteiger partial charge in [-0.1, -0.05) is 28.4 Å². The van der Waals surface area contributed by atoms with Crippen LogP contribution >= 0.6 is 31.9 Å². The van der Waals surface area contributed by atoms with Crippen LogP contribution in [0.1, 0.15) is 19.3 Å². The number of alkyl halides is 1. The second kappa shape index (κ2) is 5.61. The lowest BCUT2D eigenvalue weighted by Gasteiger charge is -2.40. The maximum atomic E-state index is 5.96. The van der Waals surface area contributed by atoms with Crippen molar-refractivity contribution in [2.45, 2.75) is 19.3 Å². The molecule has 1 aliphatic carbocycles. The van der Waals surface area contributed by atoms with Gasteiger partial charge in [-0.3, -0.25) is 0 Å². The molecule has 2 rings (SSSR count). The summed E-state index contributed by atoms with van der Waals surface area (Å²) in [6.45, 7) is 0.747. The Morgan fingerprint density at radius 3 is 2.65 bits per heavy atom. The van der Waals surface area contributed by atoms with Gasteiger partial charge in [0.25, 0.3) is 0 Å². The van der Waals surface area contributed by atoms with E-state index in [0.717, 1.165) is 27.9 Å². The SMILES string of the molecule is COc1cccc(Br)c1OCC1(CBr)CCC1. The first-order valence-corrected chi connectivity index (χ1v) is 7.63. The number of methoxy groups -OCH3 is 1. The maximum Gasteiger partial charge on any atom is 0.175 e. The van der Waals surface area contributed by atoms with Crippen molar-refractivity contribution in [2.75, 3.05) is 19.0 Å². The Balaban J connectivity index is 2.08. The lowest BCUT2D eigenvalue weighted by molar-refractivity contribution is 0.0815. The Morgan fingerprint density at radius 2 is 2.12 bits per heavy atom. The number of rotatable bonds is 5. The van der Waals surface area contributed by atoms with Gasteiger partial charge in [0.2, 0.25) is 0 Å². The molecular formula is C13H16Br2O2. The molecular weight excluding hydrogens is 348 g/mol. The first-order valence-electron chi connectivity index (χ1n) is 5.72. The minimum absolute atomic E-state index is 0.320. The predicted octanol–water partition coefficient (Wildman–Crippen LogP) is 4.40. The van der Waals surface area contributed by atoms with Gasteiger partial charge in [0.1, 0.15) is 0 Å². The average molecular weight is 364 g/mol. The van der Waals surface area contributed by atoms with E-state index >= 15 is 0 Å². The van der Waals surface area contributed by atoms with Crippen molar-refractivity contribution in [3.05, 3.63) is 22.7 Å². The van der Waals surface area contributed by atoms with Crippen LogP contribution in [0.25, 0.3) is 0 Å². The van der Waals surface area contributed by atoms with E-state index in [1.807, 2.05) is 18.2 Å². The van der Waals surface area contributed by atoms with Crippen LogP contribution in [0.3, 0.4) is 0 Å². The molecule has 0 aliphatic heterocycles. The minimum Gasteiger partial charge on any atom is -0.493 e. The molecule has 0 atom stereocenters. The first-order chi connectivity index (χ1) is 8.21. The highest BCUT2D eigenvalue weighted by atomic mass is 79.9. The fourth-order valence-electron chi connectivity index (χ4n) is 2.01. The highest BCUT2D eigenvalue weighted by Crippen LogP contribution is 2.44. The molecule has 0 spiro atoms. The maximum absolute atomic E-state index is 5.96. The second-order valence-electron chi connectivity index (χ2n) is 4.55. The molecule has 0 radical (unpaired) electrons. The molecule has 1 aromatic carbocycles. The third kappa shape index (κ3) is 2.79. The topological polar surface area (TPSA) is 18.5 Å². The third-order valence-corrected chi connectivity index (χ3v) is 5.19. The number of halogens is 2. The molecule has 94 valence electrons. The Hall–Kier alpha value is -0.220. The van der Waals surface area contributed by atoms with Crippen LogP contribution < -0.4 is 9.47 Å². The van der Waals surface area contributed by atoms with Crippen LogP contribution in [0, 0.1) is 5.41 Å². The molecule has 0 amide bonds. The molecule has 0 unspecified atom stereocenters. The quantitative estimate of drug-likeness (QED) is 0.721. The molecule has 0 bridgehead atoms. The summed E-state index contributed by atoms with van der Waals surface area (Å²) in [4.78, 5) is 0. The van der Waals surface area contributed by atoms with Crippen LogP contribution in [0.2, 0.25) is 0 Å². The van der Waals surface area contributed by atoms with Crippen molar-refractivity contribution in [3.8, 4) is 11.5 Å². The Kier molecular flexibility index (Phi) is 4.36. The van der Waals surface area contributed by atoms with Gasteiger partial charge in [0.05, 0.1) is 18.2 Å². The van der Waals surface area contributed by atoms with Gasteiger partial charge < -0.3 is 9.47 Å². The van der Waals surface area contributed by atoms with Gasteiger partial charge in [-0.25, -0.2) is 0 Å². The van der Waals surface area contributed by atoms with Crippen LogP contribution in [0.15, 0.2) is 22.7 Å². The highest BCUT2D eigenvalue weighted by molar-refractivity contribution is 9.10. The normalized spacial score (nSPS) is 17.4. The van der Waals surface area contributed by atoms with E-state index in [2.05, 4.69) is 31.9 Å². The number of benzene rings is 1. The first kappa shape index (κ1) is 13.2. The van der Waals surface area contributed by atoms with Crippen molar-refractivity contribution in [3.63, 3.8) is 0 Å². The van der Waals surface area contributed by atoms with Gasteiger partial charge in [0.15, 0.2) is 11.5 Å². The zero-order valence-electron chi connectivity index (χ0n) is 9.84. The van der Waals surface area contributed by atoms with Crippen molar-refractivity contribution in [1.82, 2.24) is 0 Å². The number of hydrogen-bond donors (Lipinski definition) is 0. The number of para-hydroxylation sites is 1. The van der Waals surface area contributed by atoms with E-state index in [1.54, 1.807) is 7.11 Å².